The average Bonchev–Trinajstić information content (AvgIpc) is 3.14. The van der Waals surface area contributed by atoms with Gasteiger partial charge in [0.2, 0.25) is 0 Å². The molecule has 0 aromatic heterocycles. The Kier molecular flexibility index (Phi) is 5.21. The Hall–Kier alpha value is -1.77. The Morgan fingerprint density at radius 1 is 1.32 bits per heavy atom. The summed E-state index contributed by atoms with van der Waals surface area (Å²) in [6.07, 6.45) is 1.71. The van der Waals surface area contributed by atoms with Crippen LogP contribution in [0.2, 0.25) is 0 Å². The molecule has 1 aromatic carbocycles. The number of nitrogens with zero attached hydrogens (tertiary/aromatic N) is 1. The summed E-state index contributed by atoms with van der Waals surface area (Å²) >= 11 is 0. The van der Waals surface area contributed by atoms with Crippen LogP contribution in [0.15, 0.2) is 30.3 Å². The van der Waals surface area contributed by atoms with Gasteiger partial charge in [0.15, 0.2) is 5.78 Å². The van der Waals surface area contributed by atoms with Crippen molar-refractivity contribution in [3.8, 4) is 5.75 Å². The monoisotopic (exact) mass is 366 g/mol. The van der Waals surface area contributed by atoms with E-state index in [1.54, 1.807) is 0 Å². The van der Waals surface area contributed by atoms with E-state index in [4.69, 9.17) is 14.2 Å². The van der Waals surface area contributed by atoms with E-state index in [-0.39, 0.29) is 32.0 Å². The van der Waals surface area contributed by atoms with Crippen LogP contribution in [0.5, 0.6) is 5.75 Å². The van der Waals surface area contributed by atoms with Crippen LogP contribution in [0.4, 0.5) is 4.79 Å². The molecule has 1 saturated carbocycles. The Balaban J connectivity index is 0.00000182. The van der Waals surface area contributed by atoms with Crippen molar-refractivity contribution in [2.75, 3.05) is 19.8 Å². The molecule has 2 atom stereocenters. The lowest BCUT2D eigenvalue weighted by Crippen LogP contribution is -2.53. The molecular weight excluding hydrogens is 344 g/mol. The number of para-hydroxylation sites is 1. The van der Waals surface area contributed by atoms with E-state index in [0.717, 1.165) is 25.0 Å². The first-order chi connectivity index (χ1) is 11.7. The van der Waals surface area contributed by atoms with Gasteiger partial charge in [0.1, 0.15) is 36.7 Å². The molecule has 3 aliphatic rings. The quantitative estimate of drug-likeness (QED) is 0.868. The molecule has 3 fully saturated rings. The van der Waals surface area contributed by atoms with E-state index in [2.05, 4.69) is 5.43 Å². The maximum absolute atomic E-state index is 12.5. The van der Waals surface area contributed by atoms with Crippen molar-refractivity contribution in [2.45, 2.75) is 37.0 Å². The first kappa shape index (κ1) is 18.0. The van der Waals surface area contributed by atoms with E-state index in [1.807, 2.05) is 30.3 Å². The number of Topliss-reactive ketones (excluding diaryl/α,β-unsaturated/α-hetero) is 1. The first-order valence-electron chi connectivity index (χ1n) is 8.25. The van der Waals surface area contributed by atoms with Gasteiger partial charge in [-0.2, -0.15) is 13.5 Å². The fourth-order valence-electron chi connectivity index (χ4n) is 3.33. The fourth-order valence-corrected chi connectivity index (χ4v) is 3.33. The van der Waals surface area contributed by atoms with E-state index < -0.39 is 17.7 Å². The van der Waals surface area contributed by atoms with E-state index >= 15 is 0 Å². The summed E-state index contributed by atoms with van der Waals surface area (Å²) in [4.78, 5) is 24.4. The van der Waals surface area contributed by atoms with Gasteiger partial charge < -0.3 is 14.2 Å². The van der Waals surface area contributed by atoms with E-state index in [9.17, 15) is 9.59 Å². The van der Waals surface area contributed by atoms with Crippen molar-refractivity contribution in [3.63, 3.8) is 0 Å². The second-order valence-electron chi connectivity index (χ2n) is 6.50. The largest absolute Gasteiger partial charge is 0.489 e. The summed E-state index contributed by atoms with van der Waals surface area (Å²) in [5.74, 6) is 0.656. The molecule has 136 valence electrons. The lowest BCUT2D eigenvalue weighted by atomic mass is 9.80. The number of hydrogen-bond donors (Lipinski definition) is 1. The highest BCUT2D eigenvalue weighted by molar-refractivity contribution is 7.59. The number of amides is 1. The molecule has 8 heteroatoms. The van der Waals surface area contributed by atoms with Gasteiger partial charge >= 0.3 is 6.09 Å². The highest BCUT2D eigenvalue weighted by Gasteiger charge is 2.50. The predicted octanol–water partition coefficient (Wildman–Crippen LogP) is 1.39. The van der Waals surface area contributed by atoms with Gasteiger partial charge in [-0.3, -0.25) is 4.79 Å². The molecule has 1 aliphatic carbocycles. The number of carbonyl (C=O) groups excluding carboxylic acids is 2. The summed E-state index contributed by atoms with van der Waals surface area (Å²) < 4.78 is 16.9. The zero-order valence-electron chi connectivity index (χ0n) is 13.8. The Bertz CT molecular complexity index is 637. The standard InChI is InChI=1S/C17H20N2O5.H2S/c20-13-10-22-14-9-18-19(15(13)14)16(21)24-17(7-4-8-17)11-23-12-5-2-1-3-6-12;/h1-3,5-6,14-15,18H,4,7-11H2;1H2/t14-,15-;/m1./s1. The Labute approximate surface area is 153 Å². The summed E-state index contributed by atoms with van der Waals surface area (Å²) in [5, 5.41) is 1.28. The lowest BCUT2D eigenvalue weighted by molar-refractivity contribution is -0.123. The van der Waals surface area contributed by atoms with Crippen LogP contribution in [0.3, 0.4) is 0 Å². The molecular formula is C17H22N2O5S. The topological polar surface area (TPSA) is 77.1 Å². The van der Waals surface area contributed by atoms with Gasteiger partial charge in [0.25, 0.3) is 0 Å². The van der Waals surface area contributed by atoms with Crippen LogP contribution >= 0.6 is 13.5 Å². The van der Waals surface area contributed by atoms with Crippen LogP contribution in [0.1, 0.15) is 19.3 Å². The normalized spacial score (nSPS) is 26.4. The van der Waals surface area contributed by atoms with E-state index in [0.29, 0.717) is 13.2 Å². The number of hydrogen-bond acceptors (Lipinski definition) is 6. The number of benzene rings is 1. The van der Waals surface area contributed by atoms with Crippen molar-refractivity contribution in [3.05, 3.63) is 30.3 Å². The average molecular weight is 366 g/mol. The van der Waals surface area contributed by atoms with Gasteiger partial charge in [-0.1, -0.05) is 18.2 Å². The predicted molar refractivity (Wildman–Crippen MR) is 93.8 cm³/mol. The third kappa shape index (κ3) is 3.47. The number of ketones is 1. The summed E-state index contributed by atoms with van der Waals surface area (Å²) in [6, 6.07) is 8.88. The molecule has 1 N–H and O–H groups in total. The van der Waals surface area contributed by atoms with Crippen molar-refractivity contribution < 1.29 is 23.8 Å². The third-order valence-corrected chi connectivity index (χ3v) is 4.87. The minimum Gasteiger partial charge on any atom is -0.489 e. The number of ether oxygens (including phenoxy) is 3. The molecule has 0 unspecified atom stereocenters. The molecule has 25 heavy (non-hydrogen) atoms. The number of rotatable bonds is 4. The highest BCUT2D eigenvalue weighted by Crippen LogP contribution is 2.37. The molecule has 4 rings (SSSR count). The molecule has 1 amide bonds. The second-order valence-corrected chi connectivity index (χ2v) is 6.50. The van der Waals surface area contributed by atoms with Crippen LogP contribution in [0, 0.1) is 0 Å². The van der Waals surface area contributed by atoms with Crippen molar-refractivity contribution in [1.29, 1.82) is 0 Å². The molecule has 2 aliphatic heterocycles. The maximum Gasteiger partial charge on any atom is 0.425 e. The highest BCUT2D eigenvalue weighted by atomic mass is 32.1. The maximum atomic E-state index is 12.5. The number of carbonyl (C=O) groups is 2. The molecule has 2 saturated heterocycles. The zero-order valence-corrected chi connectivity index (χ0v) is 14.8. The zero-order chi connectivity index (χ0) is 16.6. The van der Waals surface area contributed by atoms with Crippen molar-refractivity contribution in [2.24, 2.45) is 0 Å². The minimum absolute atomic E-state index is 0. The molecule has 7 nitrogen and oxygen atoms in total. The van der Waals surface area contributed by atoms with Crippen molar-refractivity contribution in [1.82, 2.24) is 10.4 Å². The lowest BCUT2D eigenvalue weighted by Gasteiger charge is -2.41. The Morgan fingerprint density at radius 3 is 2.76 bits per heavy atom. The van der Waals surface area contributed by atoms with Crippen molar-refractivity contribution >= 4 is 25.4 Å². The summed E-state index contributed by atoms with van der Waals surface area (Å²) in [6.45, 7) is 0.817. The number of hydrazine groups is 1. The van der Waals surface area contributed by atoms with Gasteiger partial charge in [0, 0.05) is 6.54 Å². The SMILES string of the molecule is O=C1CO[C@@H]2CNN(C(=O)OC3(COc4ccccc4)CCC3)[C@H]12.S. The third-order valence-electron chi connectivity index (χ3n) is 4.87. The molecule has 0 radical (unpaired) electrons. The van der Waals surface area contributed by atoms with Gasteiger partial charge in [0.05, 0.1) is 0 Å². The fraction of sp³-hybridized carbons (Fsp3) is 0.529. The smallest absolute Gasteiger partial charge is 0.425 e. The van der Waals surface area contributed by atoms with Crippen LogP contribution < -0.4 is 10.2 Å². The van der Waals surface area contributed by atoms with Gasteiger partial charge in [-0.25, -0.2) is 15.2 Å². The molecule has 1 aromatic rings. The second kappa shape index (κ2) is 7.23. The molecule has 0 bridgehead atoms. The summed E-state index contributed by atoms with van der Waals surface area (Å²) in [5.41, 5.74) is 2.29. The minimum atomic E-state index is -0.616. The van der Waals surface area contributed by atoms with Crippen LogP contribution in [-0.2, 0) is 14.3 Å². The molecule has 2 heterocycles. The Morgan fingerprint density at radius 2 is 2.08 bits per heavy atom. The van der Waals surface area contributed by atoms with Crippen LogP contribution in [-0.4, -0.2) is 54.4 Å². The van der Waals surface area contributed by atoms with Gasteiger partial charge in [-0.05, 0) is 31.4 Å². The number of fused-ring (bicyclic) bond motifs is 1. The van der Waals surface area contributed by atoms with Gasteiger partial charge in [-0.15, -0.1) is 0 Å². The molecule has 0 spiro atoms. The number of nitrogens with one attached hydrogen (secondary N) is 1. The van der Waals surface area contributed by atoms with Crippen LogP contribution in [0.25, 0.3) is 0 Å². The van der Waals surface area contributed by atoms with E-state index in [1.165, 1.54) is 5.01 Å². The first-order valence-corrected chi connectivity index (χ1v) is 8.25. The summed E-state index contributed by atoms with van der Waals surface area (Å²) in [7, 11) is 0.